The molecule has 0 bridgehead atoms. The topological polar surface area (TPSA) is 37.4 Å². The SMILES string of the molecule is COCCN(c1nc(C)cc(C)c1CNC1CC1)C(C)C. The third kappa shape index (κ3) is 4.42. The van der Waals surface area contributed by atoms with Crippen LogP contribution in [0.4, 0.5) is 5.82 Å². The Morgan fingerprint density at radius 1 is 1.38 bits per heavy atom. The number of aryl methyl sites for hydroxylation is 2. The lowest BCUT2D eigenvalue weighted by atomic mass is 10.1. The fraction of sp³-hybridized carbons (Fsp3) is 0.706. The molecule has 1 heterocycles. The van der Waals surface area contributed by atoms with Crippen molar-refractivity contribution in [1.29, 1.82) is 0 Å². The van der Waals surface area contributed by atoms with E-state index < -0.39 is 0 Å². The van der Waals surface area contributed by atoms with Gasteiger partial charge >= 0.3 is 0 Å². The van der Waals surface area contributed by atoms with Crippen LogP contribution in [-0.4, -0.2) is 37.3 Å². The summed E-state index contributed by atoms with van der Waals surface area (Å²) in [5.41, 5.74) is 3.74. The molecule has 0 unspecified atom stereocenters. The second kappa shape index (κ2) is 7.23. The lowest BCUT2D eigenvalue weighted by molar-refractivity contribution is 0.203. The number of anilines is 1. The van der Waals surface area contributed by atoms with Gasteiger partial charge in [0.25, 0.3) is 0 Å². The van der Waals surface area contributed by atoms with Crippen LogP contribution < -0.4 is 10.2 Å². The molecule has 1 aromatic heterocycles. The van der Waals surface area contributed by atoms with Gasteiger partial charge in [-0.15, -0.1) is 0 Å². The summed E-state index contributed by atoms with van der Waals surface area (Å²) in [7, 11) is 1.75. The van der Waals surface area contributed by atoms with Crippen molar-refractivity contribution in [2.24, 2.45) is 0 Å². The molecule has 21 heavy (non-hydrogen) atoms. The van der Waals surface area contributed by atoms with Crippen LogP contribution >= 0.6 is 0 Å². The Balaban J connectivity index is 2.27. The highest BCUT2D eigenvalue weighted by Crippen LogP contribution is 2.26. The van der Waals surface area contributed by atoms with E-state index in [1.807, 2.05) is 0 Å². The predicted molar refractivity (Wildman–Crippen MR) is 87.9 cm³/mol. The van der Waals surface area contributed by atoms with Gasteiger partial charge in [-0.3, -0.25) is 0 Å². The maximum absolute atomic E-state index is 5.27. The maximum Gasteiger partial charge on any atom is 0.133 e. The first kappa shape index (κ1) is 16.2. The van der Waals surface area contributed by atoms with E-state index in [1.165, 1.54) is 24.0 Å². The summed E-state index contributed by atoms with van der Waals surface area (Å²) in [6.45, 7) is 11.2. The number of aromatic nitrogens is 1. The van der Waals surface area contributed by atoms with E-state index in [4.69, 9.17) is 9.72 Å². The molecule has 1 fully saturated rings. The molecule has 1 aliphatic rings. The molecule has 1 saturated carbocycles. The number of nitrogens with one attached hydrogen (secondary N) is 1. The van der Waals surface area contributed by atoms with Crippen LogP contribution in [0.15, 0.2) is 6.07 Å². The van der Waals surface area contributed by atoms with E-state index in [9.17, 15) is 0 Å². The highest BCUT2D eigenvalue weighted by molar-refractivity contribution is 5.52. The van der Waals surface area contributed by atoms with Crippen molar-refractivity contribution >= 4 is 5.82 Å². The number of nitrogens with zero attached hydrogens (tertiary/aromatic N) is 2. The van der Waals surface area contributed by atoms with Gasteiger partial charge in [-0.2, -0.15) is 0 Å². The molecule has 1 aliphatic carbocycles. The van der Waals surface area contributed by atoms with Crippen LogP contribution in [0.3, 0.4) is 0 Å². The molecule has 4 heteroatoms. The minimum absolute atomic E-state index is 0.411. The number of pyridine rings is 1. The Bertz CT molecular complexity index is 469. The second-order valence-corrected chi connectivity index (χ2v) is 6.32. The summed E-state index contributed by atoms with van der Waals surface area (Å²) in [6.07, 6.45) is 2.62. The van der Waals surface area contributed by atoms with Gasteiger partial charge in [0, 0.05) is 43.5 Å². The summed E-state index contributed by atoms with van der Waals surface area (Å²) in [5, 5.41) is 3.63. The third-order valence-electron chi connectivity index (χ3n) is 4.03. The molecule has 4 nitrogen and oxygen atoms in total. The fourth-order valence-corrected chi connectivity index (χ4v) is 2.63. The summed E-state index contributed by atoms with van der Waals surface area (Å²) in [4.78, 5) is 7.19. The minimum Gasteiger partial charge on any atom is -0.383 e. The van der Waals surface area contributed by atoms with Crippen LogP contribution in [0.1, 0.15) is 43.5 Å². The number of hydrogen-bond donors (Lipinski definition) is 1. The highest BCUT2D eigenvalue weighted by atomic mass is 16.5. The predicted octanol–water partition coefficient (Wildman–Crippen LogP) is 2.81. The number of rotatable bonds is 8. The Morgan fingerprint density at radius 2 is 2.10 bits per heavy atom. The average Bonchev–Trinajstić information content (AvgIpc) is 3.21. The van der Waals surface area contributed by atoms with Gasteiger partial charge in [0.05, 0.1) is 6.61 Å². The van der Waals surface area contributed by atoms with Crippen LogP contribution in [0, 0.1) is 13.8 Å². The summed E-state index contributed by atoms with van der Waals surface area (Å²) >= 11 is 0. The summed E-state index contributed by atoms with van der Waals surface area (Å²) < 4.78 is 5.27. The second-order valence-electron chi connectivity index (χ2n) is 6.32. The zero-order valence-corrected chi connectivity index (χ0v) is 14.1. The molecule has 2 rings (SSSR count). The number of hydrogen-bond acceptors (Lipinski definition) is 4. The maximum atomic E-state index is 5.27. The average molecular weight is 291 g/mol. The van der Waals surface area contributed by atoms with Crippen LogP contribution in [0.5, 0.6) is 0 Å². The molecule has 1 N–H and O–H groups in total. The first-order chi connectivity index (χ1) is 10.0. The van der Waals surface area contributed by atoms with E-state index in [1.54, 1.807) is 7.11 Å². The quantitative estimate of drug-likeness (QED) is 0.799. The van der Waals surface area contributed by atoms with Crippen LogP contribution in [-0.2, 0) is 11.3 Å². The smallest absolute Gasteiger partial charge is 0.133 e. The van der Waals surface area contributed by atoms with Crippen molar-refractivity contribution in [3.8, 4) is 0 Å². The third-order valence-corrected chi connectivity index (χ3v) is 4.03. The molecular weight excluding hydrogens is 262 g/mol. The molecule has 118 valence electrons. The van der Waals surface area contributed by atoms with Crippen molar-refractivity contribution in [3.05, 3.63) is 22.9 Å². The van der Waals surface area contributed by atoms with Crippen molar-refractivity contribution in [3.63, 3.8) is 0 Å². The van der Waals surface area contributed by atoms with Crippen molar-refractivity contribution in [2.75, 3.05) is 25.2 Å². The molecule has 0 radical (unpaired) electrons. The standard InChI is InChI=1S/C17H29N3O/c1-12(2)20(8-9-21-5)17-16(11-18-15-6-7-15)13(3)10-14(4)19-17/h10,12,15,18H,6-9,11H2,1-5H3. The minimum atomic E-state index is 0.411. The van der Waals surface area contributed by atoms with Gasteiger partial charge < -0.3 is 15.0 Å². The molecule has 0 atom stereocenters. The molecule has 0 amide bonds. The van der Waals surface area contributed by atoms with E-state index in [2.05, 4.69) is 44.0 Å². The van der Waals surface area contributed by atoms with Gasteiger partial charge in [0.1, 0.15) is 5.82 Å². The van der Waals surface area contributed by atoms with Crippen molar-refractivity contribution in [2.45, 2.75) is 59.2 Å². The molecule has 0 aliphatic heterocycles. The number of ether oxygens (including phenoxy) is 1. The molecular formula is C17H29N3O. The Kier molecular flexibility index (Phi) is 5.59. The first-order valence-corrected chi connectivity index (χ1v) is 7.99. The highest BCUT2D eigenvalue weighted by Gasteiger charge is 2.23. The summed E-state index contributed by atoms with van der Waals surface area (Å²) in [6, 6.07) is 3.31. The van der Waals surface area contributed by atoms with Gasteiger partial charge in [0.15, 0.2) is 0 Å². The van der Waals surface area contributed by atoms with Crippen molar-refractivity contribution < 1.29 is 4.74 Å². The van der Waals surface area contributed by atoms with E-state index >= 15 is 0 Å². The fourth-order valence-electron chi connectivity index (χ4n) is 2.63. The van der Waals surface area contributed by atoms with Gasteiger partial charge in [-0.05, 0) is 52.2 Å². The van der Waals surface area contributed by atoms with Crippen LogP contribution in [0.2, 0.25) is 0 Å². The first-order valence-electron chi connectivity index (χ1n) is 7.99. The molecule has 1 aromatic rings. The molecule has 0 spiro atoms. The summed E-state index contributed by atoms with van der Waals surface area (Å²) in [5.74, 6) is 1.12. The van der Waals surface area contributed by atoms with Gasteiger partial charge in [-0.25, -0.2) is 4.98 Å². The molecule has 0 saturated heterocycles. The largest absolute Gasteiger partial charge is 0.383 e. The zero-order valence-electron chi connectivity index (χ0n) is 14.1. The Morgan fingerprint density at radius 3 is 2.67 bits per heavy atom. The van der Waals surface area contributed by atoms with Gasteiger partial charge in [0.2, 0.25) is 0 Å². The molecule has 0 aromatic carbocycles. The normalized spacial score (nSPS) is 14.8. The number of methoxy groups -OCH3 is 1. The Labute approximate surface area is 128 Å². The van der Waals surface area contributed by atoms with Crippen LogP contribution in [0.25, 0.3) is 0 Å². The van der Waals surface area contributed by atoms with Gasteiger partial charge in [-0.1, -0.05) is 0 Å². The lowest BCUT2D eigenvalue weighted by Gasteiger charge is -2.30. The Hall–Kier alpha value is -1.13. The van der Waals surface area contributed by atoms with Crippen molar-refractivity contribution in [1.82, 2.24) is 10.3 Å². The van der Waals surface area contributed by atoms with E-state index in [0.29, 0.717) is 12.1 Å². The lowest BCUT2D eigenvalue weighted by Crippen LogP contribution is -2.36. The monoisotopic (exact) mass is 291 g/mol. The zero-order chi connectivity index (χ0) is 15.4. The van der Waals surface area contributed by atoms with E-state index in [-0.39, 0.29) is 0 Å². The van der Waals surface area contributed by atoms with E-state index in [0.717, 1.165) is 31.2 Å².